The Balaban J connectivity index is 3.81. The van der Waals surface area contributed by atoms with Crippen LogP contribution in [0, 0.1) is 5.92 Å². The van der Waals surface area contributed by atoms with Crippen molar-refractivity contribution in [3.8, 4) is 0 Å². The molecule has 3 heteroatoms. The topological polar surface area (TPSA) is 35.5 Å². The Bertz CT molecular complexity index is 178. The van der Waals surface area contributed by atoms with Gasteiger partial charge in [0, 0.05) is 6.61 Å². The lowest BCUT2D eigenvalue weighted by Gasteiger charge is -2.19. The minimum Gasteiger partial charge on any atom is -0.464 e. The molecule has 0 bridgehead atoms. The lowest BCUT2D eigenvalue weighted by molar-refractivity contribution is -0.159. The average molecular weight is 230 g/mol. The Labute approximate surface area is 99.5 Å². The van der Waals surface area contributed by atoms with Crippen molar-refractivity contribution < 1.29 is 14.3 Å². The van der Waals surface area contributed by atoms with Gasteiger partial charge >= 0.3 is 5.97 Å². The van der Waals surface area contributed by atoms with Gasteiger partial charge in [-0.15, -0.1) is 0 Å². The van der Waals surface area contributed by atoms with E-state index >= 15 is 0 Å². The quantitative estimate of drug-likeness (QED) is 0.451. The summed E-state index contributed by atoms with van der Waals surface area (Å²) in [5.41, 5.74) is 0. The second-order valence-electron chi connectivity index (χ2n) is 4.35. The molecule has 0 saturated heterocycles. The molecule has 3 nitrogen and oxygen atoms in total. The lowest BCUT2D eigenvalue weighted by atomic mass is 10.1. The second kappa shape index (κ2) is 9.64. The molecule has 0 aliphatic rings. The molecular weight excluding hydrogens is 204 g/mol. The van der Waals surface area contributed by atoms with Crippen molar-refractivity contribution in [1.82, 2.24) is 0 Å². The van der Waals surface area contributed by atoms with Crippen LogP contribution in [0.4, 0.5) is 0 Å². The van der Waals surface area contributed by atoms with E-state index in [1.165, 1.54) is 19.3 Å². The van der Waals surface area contributed by atoms with Crippen LogP contribution < -0.4 is 0 Å². The maximum atomic E-state index is 11.6. The van der Waals surface area contributed by atoms with Gasteiger partial charge in [-0.1, -0.05) is 40.0 Å². The fourth-order valence-electron chi connectivity index (χ4n) is 1.50. The molecule has 1 unspecified atom stereocenters. The molecule has 0 heterocycles. The Morgan fingerprint density at radius 2 is 1.81 bits per heavy atom. The number of rotatable bonds is 9. The van der Waals surface area contributed by atoms with Crippen molar-refractivity contribution in [3.05, 3.63) is 0 Å². The summed E-state index contributed by atoms with van der Waals surface area (Å²) in [4.78, 5) is 11.6. The molecule has 0 aromatic rings. The van der Waals surface area contributed by atoms with Crippen LogP contribution >= 0.6 is 0 Å². The van der Waals surface area contributed by atoms with Gasteiger partial charge in [0.2, 0.25) is 0 Å². The van der Waals surface area contributed by atoms with Crippen LogP contribution in [-0.4, -0.2) is 25.3 Å². The molecule has 0 amide bonds. The number of unbranched alkanes of at least 4 members (excludes halogenated alkanes) is 3. The molecule has 0 rings (SSSR count). The van der Waals surface area contributed by atoms with Crippen LogP contribution in [0.3, 0.4) is 0 Å². The van der Waals surface area contributed by atoms with E-state index in [1.807, 2.05) is 20.8 Å². The smallest absolute Gasteiger partial charge is 0.335 e. The van der Waals surface area contributed by atoms with Gasteiger partial charge in [0.1, 0.15) is 0 Å². The largest absolute Gasteiger partial charge is 0.464 e. The highest BCUT2D eigenvalue weighted by molar-refractivity contribution is 5.74. The highest BCUT2D eigenvalue weighted by Crippen LogP contribution is 2.10. The Hall–Kier alpha value is -0.570. The van der Waals surface area contributed by atoms with Crippen molar-refractivity contribution in [2.24, 2.45) is 5.92 Å². The summed E-state index contributed by atoms with van der Waals surface area (Å²) < 4.78 is 10.6. The molecule has 0 saturated carbocycles. The van der Waals surface area contributed by atoms with Crippen LogP contribution in [0.5, 0.6) is 0 Å². The summed E-state index contributed by atoms with van der Waals surface area (Å²) in [5.74, 6) is -0.0572. The molecule has 0 spiro atoms. The van der Waals surface area contributed by atoms with Gasteiger partial charge in [-0.3, -0.25) is 0 Å². The Morgan fingerprint density at radius 3 is 2.31 bits per heavy atom. The molecule has 0 radical (unpaired) electrons. The molecular formula is C13H26O3. The van der Waals surface area contributed by atoms with E-state index in [9.17, 15) is 4.79 Å². The zero-order chi connectivity index (χ0) is 12.4. The van der Waals surface area contributed by atoms with Gasteiger partial charge in [-0.05, 0) is 19.3 Å². The Kier molecular flexibility index (Phi) is 9.30. The molecule has 0 N–H and O–H groups in total. The molecule has 0 aromatic carbocycles. The summed E-state index contributed by atoms with van der Waals surface area (Å²) in [5, 5.41) is 0. The summed E-state index contributed by atoms with van der Waals surface area (Å²) >= 11 is 0. The molecule has 0 aromatic heterocycles. The molecule has 96 valence electrons. The summed E-state index contributed by atoms with van der Waals surface area (Å²) in [6, 6.07) is 0. The maximum absolute atomic E-state index is 11.6. The molecule has 1 atom stereocenters. The van der Waals surface area contributed by atoms with Crippen LogP contribution in [0.15, 0.2) is 0 Å². The van der Waals surface area contributed by atoms with E-state index in [0.717, 1.165) is 6.42 Å². The first kappa shape index (κ1) is 15.4. The van der Waals surface area contributed by atoms with Gasteiger partial charge in [-0.2, -0.15) is 0 Å². The number of esters is 1. The van der Waals surface area contributed by atoms with E-state index in [1.54, 1.807) is 0 Å². The highest BCUT2D eigenvalue weighted by Gasteiger charge is 2.23. The van der Waals surface area contributed by atoms with Gasteiger partial charge in [0.05, 0.1) is 6.61 Å². The van der Waals surface area contributed by atoms with Gasteiger partial charge in [0.15, 0.2) is 6.10 Å². The monoisotopic (exact) mass is 230 g/mol. The third-order valence-electron chi connectivity index (χ3n) is 2.42. The minimum atomic E-state index is -0.401. The second-order valence-corrected chi connectivity index (χ2v) is 4.35. The van der Waals surface area contributed by atoms with Crippen molar-refractivity contribution >= 4 is 5.97 Å². The minimum absolute atomic E-state index is 0.172. The summed E-state index contributed by atoms with van der Waals surface area (Å²) in [6.07, 6.45) is 4.24. The summed E-state index contributed by atoms with van der Waals surface area (Å²) in [6.45, 7) is 9.02. The van der Waals surface area contributed by atoms with E-state index in [0.29, 0.717) is 13.2 Å². The van der Waals surface area contributed by atoms with Gasteiger partial charge < -0.3 is 9.47 Å². The van der Waals surface area contributed by atoms with E-state index < -0.39 is 6.10 Å². The van der Waals surface area contributed by atoms with Crippen LogP contribution in [0.2, 0.25) is 0 Å². The summed E-state index contributed by atoms with van der Waals surface area (Å²) in [7, 11) is 0. The van der Waals surface area contributed by atoms with Crippen molar-refractivity contribution in [3.63, 3.8) is 0 Å². The number of carbonyl (C=O) groups excluding carboxylic acids is 1. The van der Waals surface area contributed by atoms with Crippen molar-refractivity contribution in [1.29, 1.82) is 0 Å². The standard InChI is InChI=1S/C13H26O3/c1-5-7-8-9-10-16-12(11(3)4)13(14)15-6-2/h11-12H,5-10H2,1-4H3. The van der Waals surface area contributed by atoms with E-state index in [2.05, 4.69) is 6.92 Å². The predicted octanol–water partition coefficient (Wildman–Crippen LogP) is 3.17. The predicted molar refractivity (Wildman–Crippen MR) is 65.4 cm³/mol. The van der Waals surface area contributed by atoms with Crippen molar-refractivity contribution in [2.45, 2.75) is 59.5 Å². The molecule has 0 aliphatic carbocycles. The van der Waals surface area contributed by atoms with Gasteiger partial charge in [0.25, 0.3) is 0 Å². The number of hydrogen-bond acceptors (Lipinski definition) is 3. The molecule has 16 heavy (non-hydrogen) atoms. The highest BCUT2D eigenvalue weighted by atomic mass is 16.6. The first-order valence-corrected chi connectivity index (χ1v) is 6.41. The maximum Gasteiger partial charge on any atom is 0.335 e. The SMILES string of the molecule is CCCCCCOC(C(=O)OCC)C(C)C. The van der Waals surface area contributed by atoms with Crippen molar-refractivity contribution in [2.75, 3.05) is 13.2 Å². The van der Waals surface area contributed by atoms with Gasteiger partial charge in [-0.25, -0.2) is 4.79 Å². The van der Waals surface area contributed by atoms with Crippen LogP contribution in [0.25, 0.3) is 0 Å². The average Bonchev–Trinajstić information content (AvgIpc) is 2.23. The normalized spacial score (nSPS) is 12.8. The fourth-order valence-corrected chi connectivity index (χ4v) is 1.50. The zero-order valence-electron chi connectivity index (χ0n) is 11.1. The first-order chi connectivity index (χ1) is 7.63. The third kappa shape index (κ3) is 6.83. The van der Waals surface area contributed by atoms with E-state index in [4.69, 9.17) is 9.47 Å². The first-order valence-electron chi connectivity index (χ1n) is 6.41. The Morgan fingerprint density at radius 1 is 1.12 bits per heavy atom. The number of ether oxygens (including phenoxy) is 2. The fraction of sp³-hybridized carbons (Fsp3) is 0.923. The van der Waals surface area contributed by atoms with Crippen LogP contribution in [0.1, 0.15) is 53.4 Å². The number of hydrogen-bond donors (Lipinski definition) is 0. The molecule has 0 aliphatic heterocycles. The van der Waals surface area contributed by atoms with Crippen LogP contribution in [-0.2, 0) is 14.3 Å². The van der Waals surface area contributed by atoms with E-state index in [-0.39, 0.29) is 11.9 Å². The lowest BCUT2D eigenvalue weighted by Crippen LogP contribution is -2.32. The molecule has 0 fully saturated rings. The zero-order valence-corrected chi connectivity index (χ0v) is 11.1. The third-order valence-corrected chi connectivity index (χ3v) is 2.42. The number of carbonyl (C=O) groups is 1.